The number of hydrogen-bond donors (Lipinski definition) is 1. The van der Waals surface area contributed by atoms with E-state index < -0.39 is 8.32 Å². The minimum Gasteiger partial charge on any atom is -0.413 e. The van der Waals surface area contributed by atoms with Crippen LogP contribution in [-0.4, -0.2) is 20.3 Å². The van der Waals surface area contributed by atoms with Gasteiger partial charge in [-0.05, 0) is 36.5 Å². The van der Waals surface area contributed by atoms with Gasteiger partial charge in [0, 0.05) is 0 Å². The zero-order valence-electron chi connectivity index (χ0n) is 15.7. The van der Waals surface area contributed by atoms with Crippen molar-refractivity contribution in [2.24, 2.45) is 5.41 Å². The lowest BCUT2D eigenvalue weighted by atomic mass is 9.60. The SMILES string of the molecule is CC(C)(C)[Si](C)(C)O[C@@H]1CCCC[C@@]12C(=O)N[C@@H]2c1ccccc1. The molecule has 1 saturated heterocycles. The predicted molar refractivity (Wildman–Crippen MR) is 100 cm³/mol. The van der Waals surface area contributed by atoms with Gasteiger partial charge in [-0.25, -0.2) is 0 Å². The summed E-state index contributed by atoms with van der Waals surface area (Å²) in [4.78, 5) is 12.8. The highest BCUT2D eigenvalue weighted by Crippen LogP contribution is 2.55. The van der Waals surface area contributed by atoms with Crippen LogP contribution in [0.15, 0.2) is 30.3 Å². The van der Waals surface area contributed by atoms with Crippen LogP contribution in [0.1, 0.15) is 58.1 Å². The lowest BCUT2D eigenvalue weighted by molar-refractivity contribution is -0.163. The van der Waals surface area contributed by atoms with Crippen molar-refractivity contribution in [2.45, 2.75) is 76.7 Å². The fourth-order valence-electron chi connectivity index (χ4n) is 3.93. The monoisotopic (exact) mass is 345 g/mol. The summed E-state index contributed by atoms with van der Waals surface area (Å²) in [6.45, 7) is 11.4. The van der Waals surface area contributed by atoms with Crippen LogP contribution >= 0.6 is 0 Å². The summed E-state index contributed by atoms with van der Waals surface area (Å²) in [5.74, 6) is 0.194. The molecule has 0 aromatic heterocycles. The Morgan fingerprint density at radius 2 is 1.83 bits per heavy atom. The number of carbonyl (C=O) groups excluding carboxylic acids is 1. The largest absolute Gasteiger partial charge is 0.413 e. The number of rotatable bonds is 3. The van der Waals surface area contributed by atoms with Crippen LogP contribution in [0.4, 0.5) is 0 Å². The molecule has 1 spiro atoms. The van der Waals surface area contributed by atoms with Crippen LogP contribution in [0.5, 0.6) is 0 Å². The normalized spacial score (nSPS) is 30.8. The van der Waals surface area contributed by atoms with Gasteiger partial charge in [0.05, 0.1) is 17.6 Å². The number of carbonyl (C=O) groups is 1. The van der Waals surface area contributed by atoms with Crippen molar-refractivity contribution < 1.29 is 9.22 Å². The van der Waals surface area contributed by atoms with Crippen molar-refractivity contribution in [3.05, 3.63) is 35.9 Å². The summed E-state index contributed by atoms with van der Waals surface area (Å²) in [7, 11) is -1.90. The van der Waals surface area contributed by atoms with Crippen molar-refractivity contribution in [1.29, 1.82) is 0 Å². The van der Waals surface area contributed by atoms with E-state index >= 15 is 0 Å². The Hall–Kier alpha value is -1.13. The Kier molecular flexibility index (Phi) is 4.41. The van der Waals surface area contributed by atoms with Gasteiger partial charge in [-0.2, -0.15) is 0 Å². The van der Waals surface area contributed by atoms with Gasteiger partial charge in [0.15, 0.2) is 8.32 Å². The predicted octanol–water partition coefficient (Wildman–Crippen LogP) is 4.81. The standard InChI is InChI=1S/C20H31NO2Si/c1-19(2,3)24(4,5)23-16-13-9-10-14-20(16)17(21-18(20)22)15-11-7-6-8-12-15/h6-8,11-12,16-17H,9-10,13-14H2,1-5H3,(H,21,22)/t16-,17-,20-/m1/s1. The van der Waals surface area contributed by atoms with E-state index in [1.165, 1.54) is 5.56 Å². The highest BCUT2D eigenvalue weighted by Gasteiger charge is 2.62. The zero-order valence-corrected chi connectivity index (χ0v) is 16.7. The maximum Gasteiger partial charge on any atom is 0.231 e. The van der Waals surface area contributed by atoms with E-state index in [0.29, 0.717) is 0 Å². The molecule has 2 aliphatic rings. The molecular formula is C20H31NO2Si. The topological polar surface area (TPSA) is 38.3 Å². The van der Waals surface area contributed by atoms with Crippen molar-refractivity contribution in [2.75, 3.05) is 0 Å². The molecule has 0 radical (unpaired) electrons. The van der Waals surface area contributed by atoms with Crippen LogP contribution in [-0.2, 0) is 9.22 Å². The Morgan fingerprint density at radius 3 is 2.42 bits per heavy atom. The fraction of sp³-hybridized carbons (Fsp3) is 0.650. The first-order valence-electron chi connectivity index (χ1n) is 9.22. The molecule has 1 aliphatic carbocycles. The van der Waals surface area contributed by atoms with Crippen LogP contribution in [0.2, 0.25) is 18.1 Å². The Bertz CT molecular complexity index is 608. The molecular weight excluding hydrogens is 314 g/mol. The number of hydrogen-bond acceptors (Lipinski definition) is 2. The first kappa shape index (κ1) is 17.7. The van der Waals surface area contributed by atoms with E-state index in [-0.39, 0.29) is 28.5 Å². The summed E-state index contributed by atoms with van der Waals surface area (Å²) < 4.78 is 6.80. The number of benzene rings is 1. The molecule has 1 N–H and O–H groups in total. The van der Waals surface area contributed by atoms with Crippen molar-refractivity contribution in [3.8, 4) is 0 Å². The van der Waals surface area contributed by atoms with Crippen molar-refractivity contribution >= 4 is 14.2 Å². The molecule has 1 aliphatic heterocycles. The molecule has 1 amide bonds. The molecule has 0 bridgehead atoms. The van der Waals surface area contributed by atoms with Gasteiger partial charge < -0.3 is 9.74 Å². The Morgan fingerprint density at radius 1 is 1.17 bits per heavy atom. The highest BCUT2D eigenvalue weighted by molar-refractivity contribution is 6.74. The molecule has 3 rings (SSSR count). The van der Waals surface area contributed by atoms with Gasteiger partial charge in [-0.1, -0.05) is 63.9 Å². The number of β-lactam (4-membered cyclic amide) rings is 1. The third-order valence-corrected chi connectivity index (χ3v) is 11.0. The second-order valence-corrected chi connectivity index (χ2v) is 13.7. The minimum absolute atomic E-state index is 0.0473. The van der Waals surface area contributed by atoms with Crippen molar-refractivity contribution in [3.63, 3.8) is 0 Å². The molecule has 1 saturated carbocycles. The molecule has 3 atom stereocenters. The van der Waals surface area contributed by atoms with E-state index in [1.807, 2.05) is 6.07 Å². The van der Waals surface area contributed by atoms with Crippen LogP contribution in [0.3, 0.4) is 0 Å². The van der Waals surface area contributed by atoms with Gasteiger partial charge in [0.2, 0.25) is 5.91 Å². The van der Waals surface area contributed by atoms with E-state index in [0.717, 1.165) is 25.7 Å². The summed E-state index contributed by atoms with van der Waals surface area (Å²) in [5.41, 5.74) is 0.845. The lowest BCUT2D eigenvalue weighted by Crippen LogP contribution is -2.69. The quantitative estimate of drug-likeness (QED) is 0.631. The average Bonchev–Trinajstić information content (AvgIpc) is 2.52. The van der Waals surface area contributed by atoms with Crippen LogP contribution in [0, 0.1) is 5.41 Å². The molecule has 132 valence electrons. The maximum atomic E-state index is 12.8. The smallest absolute Gasteiger partial charge is 0.231 e. The van der Waals surface area contributed by atoms with E-state index in [9.17, 15) is 4.79 Å². The second kappa shape index (κ2) is 5.99. The van der Waals surface area contributed by atoms with Crippen molar-refractivity contribution in [1.82, 2.24) is 5.32 Å². The van der Waals surface area contributed by atoms with Crippen LogP contribution < -0.4 is 5.32 Å². The van der Waals surface area contributed by atoms with Crippen LogP contribution in [0.25, 0.3) is 0 Å². The van der Waals surface area contributed by atoms with Gasteiger partial charge in [0.1, 0.15) is 0 Å². The summed E-state index contributed by atoms with van der Waals surface area (Å²) >= 11 is 0. The highest BCUT2D eigenvalue weighted by atomic mass is 28.4. The van der Waals surface area contributed by atoms with Gasteiger partial charge in [-0.3, -0.25) is 4.79 Å². The molecule has 3 nitrogen and oxygen atoms in total. The molecule has 0 unspecified atom stereocenters. The maximum absolute atomic E-state index is 12.8. The molecule has 1 aromatic rings. The van der Waals surface area contributed by atoms with E-state index in [4.69, 9.17) is 4.43 Å². The number of nitrogens with one attached hydrogen (secondary N) is 1. The second-order valence-electron chi connectivity index (χ2n) is 8.97. The summed E-state index contributed by atoms with van der Waals surface area (Å²) in [5, 5.41) is 3.33. The number of amides is 1. The molecule has 1 aromatic carbocycles. The van der Waals surface area contributed by atoms with Gasteiger partial charge >= 0.3 is 0 Å². The first-order chi connectivity index (χ1) is 11.2. The molecule has 4 heteroatoms. The van der Waals surface area contributed by atoms with E-state index in [2.05, 4.69) is 63.4 Å². The lowest BCUT2D eigenvalue weighted by Gasteiger charge is -2.57. The molecule has 2 fully saturated rings. The molecule has 1 heterocycles. The van der Waals surface area contributed by atoms with Gasteiger partial charge in [-0.15, -0.1) is 0 Å². The van der Waals surface area contributed by atoms with Gasteiger partial charge in [0.25, 0.3) is 0 Å². The molecule has 24 heavy (non-hydrogen) atoms. The third kappa shape index (κ3) is 2.74. The minimum atomic E-state index is -1.90. The fourth-order valence-corrected chi connectivity index (χ4v) is 5.32. The Labute approximate surface area is 147 Å². The average molecular weight is 346 g/mol. The summed E-state index contributed by atoms with van der Waals surface area (Å²) in [6.07, 6.45) is 4.27. The Balaban J connectivity index is 1.92. The summed E-state index contributed by atoms with van der Waals surface area (Å²) in [6, 6.07) is 10.5. The zero-order chi connectivity index (χ0) is 17.6. The third-order valence-electron chi connectivity index (χ3n) is 6.47. The first-order valence-corrected chi connectivity index (χ1v) is 12.1. The van der Waals surface area contributed by atoms with E-state index in [1.54, 1.807) is 0 Å².